The smallest absolute Gasteiger partial charge is 0.426 e. The van der Waals surface area contributed by atoms with Gasteiger partial charge in [0.1, 0.15) is 0 Å². The van der Waals surface area contributed by atoms with Crippen LogP contribution in [0.3, 0.4) is 0 Å². The molecule has 1 N–H and O–H groups in total. The second kappa shape index (κ2) is 8.62. The molecule has 1 fully saturated rings. The Morgan fingerprint density at radius 1 is 0.906 bits per heavy atom. The Morgan fingerprint density at radius 2 is 1.41 bits per heavy atom. The van der Waals surface area contributed by atoms with Crippen LogP contribution in [0.1, 0.15) is 0 Å². The fourth-order valence-electron chi connectivity index (χ4n) is 2.94. The van der Waals surface area contributed by atoms with E-state index in [-0.39, 0.29) is 4.90 Å². The Kier molecular flexibility index (Phi) is 6.43. The molecule has 0 saturated carbocycles. The first kappa shape index (κ1) is 23.9. The normalized spacial score (nSPS) is 15.5. The van der Waals surface area contributed by atoms with Crippen LogP contribution in [-0.2, 0) is 14.8 Å². The van der Waals surface area contributed by atoms with E-state index < -0.39 is 53.7 Å². The van der Waals surface area contributed by atoms with E-state index in [0.29, 0.717) is 4.90 Å². The van der Waals surface area contributed by atoms with Gasteiger partial charge in [0, 0.05) is 13.1 Å². The maximum absolute atomic E-state index is 12.5. The van der Waals surface area contributed by atoms with Gasteiger partial charge in [-0.2, -0.15) is 26.3 Å². The van der Waals surface area contributed by atoms with Crippen LogP contribution in [0, 0.1) is 0 Å². The van der Waals surface area contributed by atoms with Crippen LogP contribution in [0.4, 0.5) is 31.1 Å². The van der Waals surface area contributed by atoms with Crippen LogP contribution >= 0.6 is 0 Å². The topological polar surface area (TPSA) is 75.7 Å². The van der Waals surface area contributed by atoms with Gasteiger partial charge in [-0.05, 0) is 23.3 Å². The van der Waals surface area contributed by atoms with Gasteiger partial charge in [0.15, 0.2) is 0 Å². The first-order valence-electron chi connectivity index (χ1n) is 9.04. The molecule has 0 aliphatic carbocycles. The summed E-state index contributed by atoms with van der Waals surface area (Å²) >= 11 is 0. The lowest BCUT2D eigenvalue weighted by molar-refractivity contribution is -0.308. The number of nitrogens with zero attached hydrogens (tertiary/aromatic N) is 1. The van der Waals surface area contributed by atoms with Crippen molar-refractivity contribution in [3.63, 3.8) is 0 Å². The first-order valence-corrected chi connectivity index (χ1v) is 10.5. The molecule has 0 radical (unpaired) electrons. The van der Waals surface area contributed by atoms with Crippen molar-refractivity contribution in [1.82, 2.24) is 9.62 Å². The molecule has 0 aromatic heterocycles. The van der Waals surface area contributed by atoms with E-state index in [2.05, 4.69) is 9.46 Å². The highest BCUT2D eigenvalue weighted by molar-refractivity contribution is 7.89. The molecule has 1 amide bonds. The maximum atomic E-state index is 12.5. The Balaban J connectivity index is 1.57. The number of halogens is 6. The Morgan fingerprint density at radius 3 is 1.91 bits per heavy atom. The van der Waals surface area contributed by atoms with Gasteiger partial charge < -0.3 is 9.64 Å². The minimum atomic E-state index is -5.83. The average Bonchev–Trinajstić information content (AvgIpc) is 2.67. The SMILES string of the molecule is O=C(OC(C(F)(F)F)C(F)(F)F)N1CC(NS(=O)(=O)c2ccc(-c3ccccc3)cc2)C1. The molecule has 0 atom stereocenters. The number of benzene rings is 2. The van der Waals surface area contributed by atoms with Gasteiger partial charge in [-0.25, -0.2) is 17.9 Å². The zero-order valence-electron chi connectivity index (χ0n) is 16.0. The minimum absolute atomic E-state index is 0.0904. The summed E-state index contributed by atoms with van der Waals surface area (Å²) in [6, 6.07) is 14.1. The largest absolute Gasteiger partial charge is 0.434 e. The Bertz CT molecular complexity index is 1040. The monoisotopic (exact) mass is 482 g/mol. The molecule has 6 nitrogen and oxygen atoms in total. The Labute approximate surface area is 178 Å². The summed E-state index contributed by atoms with van der Waals surface area (Å²) in [6.07, 6.45) is -17.8. The number of carbonyl (C=O) groups excluding carboxylic acids is 1. The fraction of sp³-hybridized carbons (Fsp3) is 0.316. The highest BCUT2D eigenvalue weighted by atomic mass is 32.2. The van der Waals surface area contributed by atoms with Crippen molar-refractivity contribution in [3.8, 4) is 11.1 Å². The summed E-state index contributed by atoms with van der Waals surface area (Å²) in [5, 5.41) is 0. The highest BCUT2D eigenvalue weighted by Crippen LogP contribution is 2.36. The minimum Gasteiger partial charge on any atom is -0.426 e. The van der Waals surface area contributed by atoms with Crippen molar-refractivity contribution in [2.75, 3.05) is 13.1 Å². The van der Waals surface area contributed by atoms with E-state index in [4.69, 9.17) is 0 Å². The van der Waals surface area contributed by atoms with Crippen LogP contribution in [0.25, 0.3) is 11.1 Å². The maximum Gasteiger partial charge on any atom is 0.434 e. The molecule has 0 spiro atoms. The third kappa shape index (κ3) is 5.51. The number of amides is 1. The van der Waals surface area contributed by atoms with Crippen LogP contribution in [0.2, 0.25) is 0 Å². The summed E-state index contributed by atoms with van der Waals surface area (Å²) in [5.41, 5.74) is 1.64. The lowest BCUT2D eigenvalue weighted by atomic mass is 10.1. The van der Waals surface area contributed by atoms with Crippen molar-refractivity contribution < 1.29 is 44.3 Å². The van der Waals surface area contributed by atoms with Crippen molar-refractivity contribution in [2.45, 2.75) is 29.4 Å². The molecule has 1 heterocycles. The third-order valence-electron chi connectivity index (χ3n) is 4.55. The zero-order chi connectivity index (χ0) is 23.7. The predicted molar refractivity (Wildman–Crippen MR) is 99.9 cm³/mol. The standard InChI is InChI=1S/C19H16F6N2O4S/c20-18(21,22)16(19(23,24)25)31-17(28)27-10-14(11-27)26-32(29,30)15-8-6-13(7-9-15)12-4-2-1-3-5-12/h1-9,14,16,26H,10-11H2. The molecule has 0 unspecified atom stereocenters. The summed E-state index contributed by atoms with van der Waals surface area (Å²) in [7, 11) is -4.03. The summed E-state index contributed by atoms with van der Waals surface area (Å²) in [6.45, 7) is -0.884. The van der Waals surface area contributed by atoms with E-state index in [1.165, 1.54) is 12.1 Å². The number of ether oxygens (including phenoxy) is 1. The van der Waals surface area contributed by atoms with Gasteiger partial charge in [0.25, 0.3) is 6.10 Å². The van der Waals surface area contributed by atoms with Crippen LogP contribution in [0.5, 0.6) is 0 Å². The molecule has 1 aliphatic heterocycles. The molecule has 1 aliphatic rings. The number of nitrogens with one attached hydrogen (secondary N) is 1. The van der Waals surface area contributed by atoms with Gasteiger partial charge in [0.2, 0.25) is 10.0 Å². The molecule has 13 heteroatoms. The first-order chi connectivity index (χ1) is 14.8. The summed E-state index contributed by atoms with van der Waals surface area (Å²) in [4.78, 5) is 12.1. The zero-order valence-corrected chi connectivity index (χ0v) is 16.8. The van der Waals surface area contributed by atoms with Crippen molar-refractivity contribution in [1.29, 1.82) is 0 Å². The molecule has 2 aromatic carbocycles. The molecule has 1 saturated heterocycles. The van der Waals surface area contributed by atoms with E-state index >= 15 is 0 Å². The van der Waals surface area contributed by atoms with Gasteiger partial charge in [0.05, 0.1) is 10.9 Å². The van der Waals surface area contributed by atoms with Crippen LogP contribution < -0.4 is 4.72 Å². The second-order valence-corrected chi connectivity index (χ2v) is 8.67. The van der Waals surface area contributed by atoms with Gasteiger partial charge in [-0.3, -0.25) is 0 Å². The van der Waals surface area contributed by atoms with Gasteiger partial charge in [-0.15, -0.1) is 0 Å². The number of hydrogen-bond acceptors (Lipinski definition) is 4. The molecular weight excluding hydrogens is 466 g/mol. The van der Waals surface area contributed by atoms with Crippen molar-refractivity contribution in [3.05, 3.63) is 54.6 Å². The number of carbonyl (C=O) groups is 1. The lowest BCUT2D eigenvalue weighted by Crippen LogP contribution is -2.62. The second-order valence-electron chi connectivity index (χ2n) is 6.96. The molecule has 3 rings (SSSR count). The predicted octanol–water partition coefficient (Wildman–Crippen LogP) is 3.95. The van der Waals surface area contributed by atoms with Crippen LogP contribution in [-0.4, -0.2) is 57.0 Å². The van der Waals surface area contributed by atoms with Gasteiger partial charge in [-0.1, -0.05) is 42.5 Å². The number of hydrogen-bond donors (Lipinski definition) is 1. The lowest BCUT2D eigenvalue weighted by Gasteiger charge is -2.39. The highest BCUT2D eigenvalue weighted by Gasteiger charge is 2.60. The van der Waals surface area contributed by atoms with Crippen LogP contribution in [0.15, 0.2) is 59.5 Å². The van der Waals surface area contributed by atoms with E-state index in [1.807, 2.05) is 30.3 Å². The average molecular weight is 482 g/mol. The Hall–Kier alpha value is -2.80. The molecule has 0 bridgehead atoms. The van der Waals surface area contributed by atoms with E-state index in [9.17, 15) is 39.6 Å². The summed E-state index contributed by atoms with van der Waals surface area (Å²) < 4.78 is 106. The number of sulfonamides is 1. The van der Waals surface area contributed by atoms with Crippen molar-refractivity contribution >= 4 is 16.1 Å². The third-order valence-corrected chi connectivity index (χ3v) is 6.08. The summed E-state index contributed by atoms with van der Waals surface area (Å²) in [5.74, 6) is 0. The number of likely N-dealkylation sites (tertiary alicyclic amines) is 1. The quantitative estimate of drug-likeness (QED) is 0.656. The van der Waals surface area contributed by atoms with Crippen molar-refractivity contribution in [2.24, 2.45) is 0 Å². The van der Waals surface area contributed by atoms with E-state index in [0.717, 1.165) is 11.1 Å². The molecular formula is C19H16F6N2O4S. The van der Waals surface area contributed by atoms with Gasteiger partial charge >= 0.3 is 18.4 Å². The molecule has 32 heavy (non-hydrogen) atoms. The molecule has 2 aromatic rings. The number of rotatable bonds is 5. The number of alkyl halides is 6. The van der Waals surface area contributed by atoms with E-state index in [1.54, 1.807) is 12.1 Å². The molecule has 174 valence electrons. The fourth-order valence-corrected chi connectivity index (χ4v) is 4.16.